The Bertz CT molecular complexity index is 1640. The molecule has 0 N–H and O–H groups in total. The van der Waals surface area contributed by atoms with Crippen LogP contribution in [0, 0.1) is 0 Å². The summed E-state index contributed by atoms with van der Waals surface area (Å²) >= 11 is 0. The molecule has 0 amide bonds. The van der Waals surface area contributed by atoms with Crippen LogP contribution in [0.4, 0.5) is 0 Å². The number of carbonyl (C=O) groups is 2. The topological polar surface area (TPSA) is 111 Å². The van der Waals surface area contributed by atoms with Gasteiger partial charge >= 0.3 is 11.9 Å². The highest BCUT2D eigenvalue weighted by atomic mass is 31.2. The van der Waals surface area contributed by atoms with Gasteiger partial charge in [0.15, 0.2) is 6.10 Å². The van der Waals surface area contributed by atoms with Gasteiger partial charge in [-0.2, -0.15) is 0 Å². The summed E-state index contributed by atoms with van der Waals surface area (Å²) in [4.78, 5) is 37.9. The highest BCUT2D eigenvalue weighted by molar-refractivity contribution is 7.45. The number of phosphoric ester groups is 1. The zero-order valence-electron chi connectivity index (χ0n) is 51.1. The predicted molar refractivity (Wildman–Crippen MR) is 332 cm³/mol. The quantitative estimate of drug-likeness (QED) is 0.0195. The first-order valence-corrected chi connectivity index (χ1v) is 33.4. The number of phosphoric acid groups is 1. The van der Waals surface area contributed by atoms with E-state index in [0.717, 1.165) is 103 Å². The SMILES string of the molecule is CC/C=C\C/C=C\C/C=C\C/C=C\C/C=C\C/C=C\C/C=C\CCCCCCCCCCCCCCCCCCCC(=O)OC(COC(=O)CCCCCCC/C=C\CCCCCCCC)COP(=O)([O-])OCC[N+](C)(C)C. The van der Waals surface area contributed by atoms with E-state index in [1.54, 1.807) is 0 Å². The summed E-state index contributed by atoms with van der Waals surface area (Å²) in [6.45, 7) is 4.12. The van der Waals surface area contributed by atoms with Gasteiger partial charge in [-0.25, -0.2) is 0 Å². The Hall–Kier alpha value is -3.07. The number of nitrogens with zero attached hydrogens (tertiary/aromatic N) is 1. The fourth-order valence-electron chi connectivity index (χ4n) is 8.69. The van der Waals surface area contributed by atoms with Gasteiger partial charge in [0.2, 0.25) is 0 Å². The fraction of sp³-hybridized carbons (Fsp3) is 0.735. The first-order valence-electron chi connectivity index (χ1n) is 31.9. The van der Waals surface area contributed by atoms with Crippen LogP contribution in [-0.4, -0.2) is 70.0 Å². The number of hydrogen-bond donors (Lipinski definition) is 0. The number of esters is 2. The maximum absolute atomic E-state index is 12.8. The number of unbranched alkanes of at least 4 members (excludes halogenated alkanes) is 28. The molecule has 0 radical (unpaired) electrons. The predicted octanol–water partition coefficient (Wildman–Crippen LogP) is 19.7. The lowest BCUT2D eigenvalue weighted by Crippen LogP contribution is -2.37. The monoisotopic (exact) mass is 1110 g/mol. The molecule has 0 heterocycles. The first-order chi connectivity index (χ1) is 38.0. The zero-order valence-corrected chi connectivity index (χ0v) is 52.0. The van der Waals surface area contributed by atoms with E-state index in [-0.39, 0.29) is 26.1 Å². The summed E-state index contributed by atoms with van der Waals surface area (Å²) in [6.07, 6.45) is 80.5. The average molecular weight is 1110 g/mol. The Morgan fingerprint density at radius 3 is 1.10 bits per heavy atom. The Kier molecular flexibility index (Phi) is 56.3. The van der Waals surface area contributed by atoms with E-state index in [1.807, 2.05) is 21.1 Å². The largest absolute Gasteiger partial charge is 0.756 e. The van der Waals surface area contributed by atoms with Crippen LogP contribution in [0.15, 0.2) is 97.2 Å². The third-order valence-corrected chi connectivity index (χ3v) is 14.6. The van der Waals surface area contributed by atoms with E-state index < -0.39 is 32.5 Å². The van der Waals surface area contributed by atoms with E-state index in [1.165, 1.54) is 135 Å². The number of hydrogen-bond acceptors (Lipinski definition) is 8. The molecule has 0 spiro atoms. The first kappa shape index (κ1) is 74.9. The standard InChI is InChI=1S/C68H120NO8P/c1-6-8-10-12-14-16-18-20-22-23-24-25-26-27-28-29-30-31-32-33-34-35-36-37-38-39-40-41-42-43-44-45-47-49-51-53-55-57-59-61-68(71)77-66(65-76-78(72,73)75-63-62-69(3,4)5)64-74-67(70)60-58-56-54-52-50-48-46-21-19-17-15-13-11-9-7-2/h8,10,14,16,20-22,24-25,27-28,30-31,33-34,46,66H,6-7,9,11-13,15,17-19,23,26,29,32,35-45,47-65H2,1-5H3/b10-8-,16-14-,22-20-,25-24-,28-27-,31-30-,34-33-,46-21-. The van der Waals surface area contributed by atoms with Crippen molar-refractivity contribution in [1.82, 2.24) is 0 Å². The minimum absolute atomic E-state index is 0.0337. The molecule has 0 aromatic heterocycles. The summed E-state index contributed by atoms with van der Waals surface area (Å²) in [7, 11) is 1.16. The van der Waals surface area contributed by atoms with Crippen molar-refractivity contribution in [3.8, 4) is 0 Å². The van der Waals surface area contributed by atoms with Gasteiger partial charge in [0.05, 0.1) is 27.7 Å². The van der Waals surface area contributed by atoms with Crippen LogP contribution in [0.1, 0.15) is 271 Å². The summed E-state index contributed by atoms with van der Waals surface area (Å²) in [6, 6.07) is 0. The molecule has 10 heteroatoms. The molecule has 0 aliphatic carbocycles. The highest BCUT2D eigenvalue weighted by Gasteiger charge is 2.22. The Morgan fingerprint density at radius 1 is 0.410 bits per heavy atom. The van der Waals surface area contributed by atoms with E-state index in [0.29, 0.717) is 17.4 Å². The van der Waals surface area contributed by atoms with Crippen molar-refractivity contribution >= 4 is 19.8 Å². The smallest absolute Gasteiger partial charge is 0.306 e. The molecule has 0 aliphatic heterocycles. The second kappa shape index (κ2) is 58.6. The van der Waals surface area contributed by atoms with Gasteiger partial charge < -0.3 is 27.9 Å². The van der Waals surface area contributed by atoms with Gasteiger partial charge in [0.25, 0.3) is 7.82 Å². The van der Waals surface area contributed by atoms with Crippen molar-refractivity contribution in [3.05, 3.63) is 97.2 Å². The van der Waals surface area contributed by atoms with Crippen molar-refractivity contribution < 1.29 is 42.1 Å². The van der Waals surface area contributed by atoms with E-state index in [4.69, 9.17) is 18.5 Å². The van der Waals surface area contributed by atoms with Crippen molar-refractivity contribution in [2.45, 2.75) is 277 Å². The molecule has 2 unspecified atom stereocenters. The van der Waals surface area contributed by atoms with E-state index in [9.17, 15) is 19.0 Å². The van der Waals surface area contributed by atoms with Crippen LogP contribution in [0.25, 0.3) is 0 Å². The van der Waals surface area contributed by atoms with Crippen LogP contribution in [0.2, 0.25) is 0 Å². The van der Waals surface area contributed by atoms with Crippen LogP contribution < -0.4 is 4.89 Å². The second-order valence-electron chi connectivity index (χ2n) is 22.4. The molecule has 0 saturated heterocycles. The molecule has 0 saturated carbocycles. The lowest BCUT2D eigenvalue weighted by Gasteiger charge is -2.28. The van der Waals surface area contributed by atoms with Crippen LogP contribution in [0.3, 0.4) is 0 Å². The average Bonchev–Trinajstić information content (AvgIpc) is 3.41. The molecule has 0 aromatic carbocycles. The molecule has 78 heavy (non-hydrogen) atoms. The molecule has 0 fully saturated rings. The van der Waals surface area contributed by atoms with Crippen molar-refractivity contribution in [2.24, 2.45) is 0 Å². The number of carbonyl (C=O) groups excluding carboxylic acids is 2. The number of rotatable bonds is 58. The Morgan fingerprint density at radius 2 is 0.731 bits per heavy atom. The zero-order chi connectivity index (χ0) is 57.0. The molecule has 0 rings (SSSR count). The van der Waals surface area contributed by atoms with Crippen LogP contribution in [-0.2, 0) is 32.7 Å². The summed E-state index contributed by atoms with van der Waals surface area (Å²) in [5.41, 5.74) is 0. The molecular formula is C68H120NO8P. The molecule has 0 aliphatic rings. The van der Waals surface area contributed by atoms with Gasteiger partial charge in [0.1, 0.15) is 19.8 Å². The minimum atomic E-state index is -4.64. The number of quaternary nitrogens is 1. The number of allylic oxidation sites excluding steroid dienone is 16. The van der Waals surface area contributed by atoms with Crippen LogP contribution >= 0.6 is 7.82 Å². The van der Waals surface area contributed by atoms with Gasteiger partial charge in [-0.15, -0.1) is 0 Å². The molecule has 0 bridgehead atoms. The van der Waals surface area contributed by atoms with Gasteiger partial charge in [-0.05, 0) is 96.3 Å². The lowest BCUT2D eigenvalue weighted by atomic mass is 10.0. The number of likely N-dealkylation sites (N-methyl/N-ethyl adjacent to an activating group) is 1. The minimum Gasteiger partial charge on any atom is -0.756 e. The summed E-state index contributed by atoms with van der Waals surface area (Å²) in [5, 5.41) is 0. The second-order valence-corrected chi connectivity index (χ2v) is 23.8. The van der Waals surface area contributed by atoms with Gasteiger partial charge in [-0.3, -0.25) is 14.2 Å². The fourth-order valence-corrected chi connectivity index (χ4v) is 9.42. The van der Waals surface area contributed by atoms with Crippen molar-refractivity contribution in [3.63, 3.8) is 0 Å². The molecule has 9 nitrogen and oxygen atoms in total. The van der Waals surface area contributed by atoms with E-state index in [2.05, 4.69) is 111 Å². The van der Waals surface area contributed by atoms with E-state index >= 15 is 0 Å². The molecule has 0 aromatic rings. The third-order valence-electron chi connectivity index (χ3n) is 13.6. The van der Waals surface area contributed by atoms with Gasteiger partial charge in [-0.1, -0.05) is 259 Å². The maximum atomic E-state index is 12.8. The Balaban J connectivity index is 3.99. The molecule has 450 valence electrons. The van der Waals surface area contributed by atoms with Crippen LogP contribution in [0.5, 0.6) is 0 Å². The third kappa shape index (κ3) is 62.1. The van der Waals surface area contributed by atoms with Crippen molar-refractivity contribution in [1.29, 1.82) is 0 Å². The van der Waals surface area contributed by atoms with Gasteiger partial charge in [0, 0.05) is 12.8 Å². The molecular weight excluding hydrogens is 990 g/mol. The summed E-state index contributed by atoms with van der Waals surface area (Å²) < 4.78 is 34.2. The summed E-state index contributed by atoms with van der Waals surface area (Å²) in [5.74, 6) is -0.838. The maximum Gasteiger partial charge on any atom is 0.306 e. The lowest BCUT2D eigenvalue weighted by molar-refractivity contribution is -0.870. The normalized spacial score (nSPS) is 13.9. The number of ether oxygens (including phenoxy) is 2. The highest BCUT2D eigenvalue weighted by Crippen LogP contribution is 2.38. The Labute approximate surface area is 481 Å². The molecule has 2 atom stereocenters. The van der Waals surface area contributed by atoms with Crippen molar-refractivity contribution in [2.75, 3.05) is 47.5 Å².